The van der Waals surface area contributed by atoms with Gasteiger partial charge in [0.1, 0.15) is 10.7 Å². The van der Waals surface area contributed by atoms with E-state index in [0.717, 1.165) is 19.5 Å². The van der Waals surface area contributed by atoms with Crippen LogP contribution in [0.4, 0.5) is 10.9 Å². The summed E-state index contributed by atoms with van der Waals surface area (Å²) >= 11 is 1.34. The summed E-state index contributed by atoms with van der Waals surface area (Å²) in [5, 5.41) is 3.97. The zero-order chi connectivity index (χ0) is 15.1. The lowest BCUT2D eigenvalue weighted by atomic mass is 9.93. The van der Waals surface area contributed by atoms with Crippen molar-refractivity contribution >= 4 is 28.2 Å². The summed E-state index contributed by atoms with van der Waals surface area (Å²) in [5.41, 5.74) is 6.01. The van der Waals surface area contributed by atoms with Gasteiger partial charge in [0.15, 0.2) is 5.13 Å². The second kappa shape index (κ2) is 4.91. The van der Waals surface area contributed by atoms with Gasteiger partial charge in [0.05, 0.1) is 0 Å². The molecule has 0 radical (unpaired) electrons. The Morgan fingerprint density at radius 3 is 2.60 bits per heavy atom. The molecule has 0 unspecified atom stereocenters. The van der Waals surface area contributed by atoms with E-state index in [4.69, 9.17) is 5.73 Å². The molecule has 1 amide bonds. The first-order chi connectivity index (χ1) is 9.07. The van der Waals surface area contributed by atoms with E-state index in [9.17, 15) is 4.79 Å². The molecule has 0 aliphatic carbocycles. The molecule has 2 rings (SSSR count). The largest absolute Gasteiger partial charge is 0.382 e. The van der Waals surface area contributed by atoms with E-state index < -0.39 is 0 Å². The summed E-state index contributed by atoms with van der Waals surface area (Å²) < 4.78 is 0. The number of rotatable bonds is 2. The van der Waals surface area contributed by atoms with Gasteiger partial charge in [-0.2, -0.15) is 0 Å². The van der Waals surface area contributed by atoms with Crippen LogP contribution in [0.5, 0.6) is 0 Å². The normalized spacial score (nSPS) is 18.4. The molecule has 0 spiro atoms. The fourth-order valence-corrected chi connectivity index (χ4v) is 3.35. The van der Waals surface area contributed by atoms with Gasteiger partial charge in [0.2, 0.25) is 0 Å². The molecule has 0 atom stereocenters. The summed E-state index contributed by atoms with van der Waals surface area (Å²) in [7, 11) is 0. The first-order valence-corrected chi connectivity index (χ1v) is 7.73. The van der Waals surface area contributed by atoms with Crippen LogP contribution in [0.2, 0.25) is 0 Å². The van der Waals surface area contributed by atoms with Crippen LogP contribution in [-0.2, 0) is 0 Å². The fraction of sp³-hybridized carbons (Fsp3) is 0.714. The molecule has 0 aromatic carbocycles. The molecule has 3 N–H and O–H groups in total. The number of anilines is 2. The molecular weight excluding hydrogens is 272 g/mol. The zero-order valence-electron chi connectivity index (χ0n) is 12.9. The number of nitrogen functional groups attached to an aromatic ring is 1. The number of hydrogen-bond donors (Lipinski definition) is 2. The molecule has 1 saturated heterocycles. The van der Waals surface area contributed by atoms with Crippen molar-refractivity contribution in [2.45, 2.75) is 46.6 Å². The lowest BCUT2D eigenvalue weighted by Gasteiger charge is -2.19. The third-order valence-electron chi connectivity index (χ3n) is 3.29. The molecule has 6 heteroatoms. The molecule has 20 heavy (non-hydrogen) atoms. The van der Waals surface area contributed by atoms with Crippen molar-refractivity contribution in [3.05, 3.63) is 4.88 Å². The van der Waals surface area contributed by atoms with Crippen molar-refractivity contribution in [2.24, 2.45) is 5.41 Å². The monoisotopic (exact) mass is 296 g/mol. The highest BCUT2D eigenvalue weighted by Crippen LogP contribution is 2.33. The Balaban J connectivity index is 2.15. The van der Waals surface area contributed by atoms with E-state index in [1.165, 1.54) is 11.3 Å². The summed E-state index contributed by atoms with van der Waals surface area (Å²) in [4.78, 5) is 19.2. The maximum atomic E-state index is 12.5. The lowest BCUT2D eigenvalue weighted by Crippen LogP contribution is -2.30. The van der Waals surface area contributed by atoms with Crippen LogP contribution in [0, 0.1) is 5.41 Å². The summed E-state index contributed by atoms with van der Waals surface area (Å²) in [5.74, 6) is 0.337. The first-order valence-electron chi connectivity index (χ1n) is 6.91. The summed E-state index contributed by atoms with van der Waals surface area (Å²) in [6, 6.07) is 0. The molecule has 0 bridgehead atoms. The van der Waals surface area contributed by atoms with Gasteiger partial charge < -0.3 is 16.0 Å². The first kappa shape index (κ1) is 15.1. The Labute approximate surface area is 124 Å². The number of likely N-dealkylation sites (tertiary alicyclic amines) is 1. The minimum atomic E-state index is -0.0970. The predicted molar refractivity (Wildman–Crippen MR) is 84.2 cm³/mol. The van der Waals surface area contributed by atoms with Gasteiger partial charge in [-0.3, -0.25) is 4.79 Å². The topological polar surface area (TPSA) is 71.2 Å². The number of carbonyl (C=O) groups excluding carboxylic acids is 1. The van der Waals surface area contributed by atoms with Gasteiger partial charge in [0.25, 0.3) is 5.91 Å². The van der Waals surface area contributed by atoms with E-state index in [1.54, 1.807) is 0 Å². The van der Waals surface area contributed by atoms with Crippen LogP contribution >= 0.6 is 11.3 Å². The Kier molecular flexibility index (Phi) is 3.71. The van der Waals surface area contributed by atoms with Crippen molar-refractivity contribution in [2.75, 3.05) is 24.1 Å². The average molecular weight is 296 g/mol. The molecule has 1 aliphatic rings. The molecule has 2 heterocycles. The number of nitrogens with one attached hydrogen (secondary N) is 1. The Hall–Kier alpha value is -1.30. The number of thiazole rings is 1. The number of carbonyl (C=O) groups is 1. The van der Waals surface area contributed by atoms with Gasteiger partial charge in [0, 0.05) is 18.6 Å². The van der Waals surface area contributed by atoms with Crippen molar-refractivity contribution in [1.29, 1.82) is 0 Å². The van der Waals surface area contributed by atoms with E-state index in [0.29, 0.717) is 15.8 Å². The van der Waals surface area contributed by atoms with Crippen molar-refractivity contribution in [3.8, 4) is 0 Å². The number of nitrogens with zero attached hydrogens (tertiary/aromatic N) is 2. The molecular formula is C14H24N4OS. The molecule has 1 fully saturated rings. The number of nitrogens with two attached hydrogens (primary N) is 1. The van der Waals surface area contributed by atoms with Crippen LogP contribution in [0.1, 0.15) is 50.7 Å². The van der Waals surface area contributed by atoms with Gasteiger partial charge in [-0.05, 0) is 32.6 Å². The average Bonchev–Trinajstić information content (AvgIpc) is 2.78. The molecule has 112 valence electrons. The highest BCUT2D eigenvalue weighted by Gasteiger charge is 2.34. The van der Waals surface area contributed by atoms with Crippen molar-refractivity contribution < 1.29 is 4.79 Å². The SMILES string of the molecule is CC1(C)CCN(C(=O)c2sc(NC(C)(C)C)nc2N)C1. The quantitative estimate of drug-likeness (QED) is 0.880. The van der Waals surface area contributed by atoms with Crippen LogP contribution < -0.4 is 11.1 Å². The third kappa shape index (κ3) is 3.42. The van der Waals surface area contributed by atoms with Crippen LogP contribution in [0.3, 0.4) is 0 Å². The maximum absolute atomic E-state index is 12.5. The van der Waals surface area contributed by atoms with E-state index in [-0.39, 0.29) is 16.9 Å². The molecule has 1 aromatic rings. The van der Waals surface area contributed by atoms with E-state index in [2.05, 4.69) is 44.9 Å². The van der Waals surface area contributed by atoms with Gasteiger partial charge in [-0.15, -0.1) is 0 Å². The molecule has 1 aliphatic heterocycles. The van der Waals surface area contributed by atoms with Gasteiger partial charge in [-0.25, -0.2) is 4.98 Å². The Morgan fingerprint density at radius 1 is 1.45 bits per heavy atom. The standard InChI is InChI=1S/C14H24N4OS/c1-13(2,3)17-12-16-10(15)9(20-12)11(19)18-7-6-14(4,5)8-18/h6-8,15H2,1-5H3,(H,16,17). The van der Waals surface area contributed by atoms with Crippen molar-refractivity contribution in [3.63, 3.8) is 0 Å². The lowest BCUT2D eigenvalue weighted by molar-refractivity contribution is 0.0784. The van der Waals surface area contributed by atoms with Crippen LogP contribution in [0.15, 0.2) is 0 Å². The van der Waals surface area contributed by atoms with Gasteiger partial charge in [-0.1, -0.05) is 25.2 Å². The second-order valence-corrected chi connectivity index (χ2v) is 8.25. The van der Waals surface area contributed by atoms with E-state index >= 15 is 0 Å². The maximum Gasteiger partial charge on any atom is 0.267 e. The highest BCUT2D eigenvalue weighted by molar-refractivity contribution is 7.18. The fourth-order valence-electron chi connectivity index (χ4n) is 2.29. The predicted octanol–water partition coefficient (Wildman–Crippen LogP) is 2.81. The van der Waals surface area contributed by atoms with Crippen molar-refractivity contribution in [1.82, 2.24) is 9.88 Å². The van der Waals surface area contributed by atoms with Gasteiger partial charge >= 0.3 is 0 Å². The summed E-state index contributed by atoms with van der Waals surface area (Å²) in [6.07, 6.45) is 1.03. The molecule has 0 saturated carbocycles. The second-order valence-electron chi connectivity index (χ2n) is 7.25. The number of hydrogen-bond acceptors (Lipinski definition) is 5. The highest BCUT2D eigenvalue weighted by atomic mass is 32.1. The Bertz CT molecular complexity index is 516. The smallest absolute Gasteiger partial charge is 0.267 e. The van der Waals surface area contributed by atoms with Crippen LogP contribution in [0.25, 0.3) is 0 Å². The summed E-state index contributed by atoms with van der Waals surface area (Å²) in [6.45, 7) is 12.1. The Morgan fingerprint density at radius 2 is 2.10 bits per heavy atom. The molecule has 1 aromatic heterocycles. The van der Waals surface area contributed by atoms with Crippen LogP contribution in [-0.4, -0.2) is 34.4 Å². The third-order valence-corrected chi connectivity index (χ3v) is 4.27. The number of aromatic nitrogens is 1. The zero-order valence-corrected chi connectivity index (χ0v) is 13.7. The molecule has 5 nitrogen and oxygen atoms in total. The number of amides is 1. The van der Waals surface area contributed by atoms with E-state index in [1.807, 2.05) is 4.90 Å². The minimum Gasteiger partial charge on any atom is -0.382 e. The minimum absolute atomic E-state index is 0.00698.